The number of aromatic hydroxyl groups is 1. The lowest BCUT2D eigenvalue weighted by Gasteiger charge is -2.14. The van der Waals surface area contributed by atoms with Crippen molar-refractivity contribution in [1.29, 1.82) is 0 Å². The maximum absolute atomic E-state index is 10.4. The summed E-state index contributed by atoms with van der Waals surface area (Å²) in [6.45, 7) is 0.559. The van der Waals surface area contributed by atoms with E-state index in [1.165, 1.54) is 5.39 Å². The molecule has 4 rings (SSSR count). The molecular weight excluding hydrogens is 286 g/mol. The zero-order chi connectivity index (χ0) is 15.8. The number of benzene rings is 3. The lowest BCUT2D eigenvalue weighted by atomic mass is 10.0. The molecule has 0 aliphatic heterocycles. The van der Waals surface area contributed by atoms with E-state index in [4.69, 9.17) is 4.74 Å². The number of rotatable bonds is 3. The van der Waals surface area contributed by atoms with Crippen LogP contribution >= 0.6 is 0 Å². The fourth-order valence-electron chi connectivity index (χ4n) is 3.19. The Morgan fingerprint density at radius 3 is 2.48 bits per heavy atom. The van der Waals surface area contributed by atoms with Crippen LogP contribution in [0.25, 0.3) is 21.7 Å². The van der Waals surface area contributed by atoms with E-state index in [-0.39, 0.29) is 5.88 Å². The van der Waals surface area contributed by atoms with Gasteiger partial charge in [-0.1, -0.05) is 48.5 Å². The van der Waals surface area contributed by atoms with Crippen LogP contribution in [0.2, 0.25) is 0 Å². The van der Waals surface area contributed by atoms with Crippen molar-refractivity contribution in [1.82, 2.24) is 4.57 Å². The van der Waals surface area contributed by atoms with Crippen molar-refractivity contribution in [3.63, 3.8) is 0 Å². The summed E-state index contributed by atoms with van der Waals surface area (Å²) in [6.07, 6.45) is 0. The van der Waals surface area contributed by atoms with E-state index in [0.717, 1.165) is 27.6 Å². The number of nitrogens with zero attached hydrogens (tertiary/aromatic N) is 1. The molecule has 1 aromatic heterocycles. The highest BCUT2D eigenvalue weighted by Crippen LogP contribution is 2.32. The summed E-state index contributed by atoms with van der Waals surface area (Å²) in [7, 11) is 1.68. The summed E-state index contributed by atoms with van der Waals surface area (Å²) in [5.41, 5.74) is 2.09. The average Bonchev–Trinajstić information content (AvgIpc) is 2.91. The molecule has 0 aliphatic carbocycles. The summed E-state index contributed by atoms with van der Waals surface area (Å²) in [6, 6.07) is 22.1. The number of ether oxygens (including phenoxy) is 1. The molecular formula is C20H17NO2. The Morgan fingerprint density at radius 2 is 1.65 bits per heavy atom. The number of fused-ring (bicyclic) bond motifs is 2. The summed E-state index contributed by atoms with van der Waals surface area (Å²) in [5.74, 6) is 1.10. The van der Waals surface area contributed by atoms with Gasteiger partial charge in [0.25, 0.3) is 0 Å². The molecule has 1 N–H and O–H groups in total. The zero-order valence-corrected chi connectivity index (χ0v) is 12.9. The van der Waals surface area contributed by atoms with Crippen molar-refractivity contribution in [2.75, 3.05) is 7.11 Å². The summed E-state index contributed by atoms with van der Waals surface area (Å²) >= 11 is 0. The van der Waals surface area contributed by atoms with Crippen LogP contribution in [0.3, 0.4) is 0 Å². The smallest absolute Gasteiger partial charge is 0.192 e. The van der Waals surface area contributed by atoms with Gasteiger partial charge in [0.1, 0.15) is 5.75 Å². The number of para-hydroxylation sites is 1. The third-order valence-electron chi connectivity index (χ3n) is 4.32. The van der Waals surface area contributed by atoms with Crippen LogP contribution in [0.15, 0.2) is 66.7 Å². The van der Waals surface area contributed by atoms with Gasteiger partial charge in [-0.3, -0.25) is 0 Å². The molecule has 0 bridgehead atoms. The van der Waals surface area contributed by atoms with Gasteiger partial charge < -0.3 is 14.4 Å². The average molecular weight is 303 g/mol. The molecule has 0 atom stereocenters. The van der Waals surface area contributed by atoms with Crippen LogP contribution in [-0.2, 0) is 6.54 Å². The van der Waals surface area contributed by atoms with Crippen molar-refractivity contribution in [3.8, 4) is 11.6 Å². The monoisotopic (exact) mass is 303 g/mol. The second-order valence-electron chi connectivity index (χ2n) is 5.62. The van der Waals surface area contributed by atoms with Gasteiger partial charge in [0.05, 0.1) is 19.2 Å². The minimum Gasteiger partial charge on any atom is -0.496 e. The van der Waals surface area contributed by atoms with Gasteiger partial charge >= 0.3 is 0 Å². The molecule has 0 saturated carbocycles. The van der Waals surface area contributed by atoms with Gasteiger partial charge in [0, 0.05) is 17.0 Å². The Labute approximate surface area is 134 Å². The standard InChI is InChI=1S/C20H17NO2/c1-23-19-11-10-14-6-2-4-8-16(14)17(19)13-21-18-9-5-3-7-15(18)12-20(21)22/h2-12,22H,13H2,1H3. The van der Waals surface area contributed by atoms with Gasteiger partial charge in [-0.15, -0.1) is 0 Å². The molecule has 0 saturated heterocycles. The van der Waals surface area contributed by atoms with Crippen LogP contribution in [0.1, 0.15) is 5.56 Å². The zero-order valence-electron chi connectivity index (χ0n) is 12.9. The molecule has 0 spiro atoms. The van der Waals surface area contributed by atoms with E-state index in [1.807, 2.05) is 47.0 Å². The summed E-state index contributed by atoms with van der Waals surface area (Å²) < 4.78 is 7.48. The highest BCUT2D eigenvalue weighted by Gasteiger charge is 2.13. The predicted molar refractivity (Wildman–Crippen MR) is 93.2 cm³/mol. The Morgan fingerprint density at radius 1 is 0.913 bits per heavy atom. The highest BCUT2D eigenvalue weighted by molar-refractivity contribution is 5.88. The first-order valence-electron chi connectivity index (χ1n) is 7.60. The van der Waals surface area contributed by atoms with E-state index in [0.29, 0.717) is 6.54 Å². The first kappa shape index (κ1) is 13.7. The van der Waals surface area contributed by atoms with Gasteiger partial charge in [-0.05, 0) is 22.9 Å². The number of aromatic nitrogens is 1. The Kier molecular flexibility index (Phi) is 3.19. The van der Waals surface area contributed by atoms with E-state index >= 15 is 0 Å². The fraction of sp³-hybridized carbons (Fsp3) is 0.100. The minimum absolute atomic E-state index is 0.265. The van der Waals surface area contributed by atoms with Gasteiger partial charge in [-0.25, -0.2) is 0 Å². The molecule has 0 radical (unpaired) electrons. The maximum Gasteiger partial charge on any atom is 0.192 e. The minimum atomic E-state index is 0.265. The van der Waals surface area contributed by atoms with Gasteiger partial charge in [-0.2, -0.15) is 0 Å². The van der Waals surface area contributed by atoms with Gasteiger partial charge in [0.2, 0.25) is 0 Å². The highest BCUT2D eigenvalue weighted by atomic mass is 16.5. The first-order chi connectivity index (χ1) is 11.3. The van der Waals surface area contributed by atoms with Crippen molar-refractivity contribution in [3.05, 3.63) is 72.3 Å². The molecule has 0 unspecified atom stereocenters. The van der Waals surface area contributed by atoms with Crippen LogP contribution in [0.5, 0.6) is 11.6 Å². The van der Waals surface area contributed by atoms with Crippen LogP contribution in [0.4, 0.5) is 0 Å². The number of methoxy groups -OCH3 is 1. The van der Waals surface area contributed by atoms with E-state index < -0.39 is 0 Å². The molecule has 114 valence electrons. The molecule has 0 amide bonds. The molecule has 4 aromatic rings. The van der Waals surface area contributed by atoms with E-state index in [9.17, 15) is 5.11 Å². The fourth-order valence-corrected chi connectivity index (χ4v) is 3.19. The van der Waals surface area contributed by atoms with Crippen LogP contribution in [0, 0.1) is 0 Å². The number of hydrogen-bond acceptors (Lipinski definition) is 2. The molecule has 0 aliphatic rings. The maximum atomic E-state index is 10.4. The molecule has 3 aromatic carbocycles. The number of hydrogen-bond donors (Lipinski definition) is 1. The second kappa shape index (κ2) is 5.36. The van der Waals surface area contributed by atoms with Crippen molar-refractivity contribution in [2.24, 2.45) is 0 Å². The molecule has 3 heteroatoms. The molecule has 1 heterocycles. The largest absolute Gasteiger partial charge is 0.496 e. The predicted octanol–water partition coefficient (Wildman–Crippen LogP) is 4.56. The lowest BCUT2D eigenvalue weighted by molar-refractivity contribution is 0.403. The van der Waals surface area contributed by atoms with Crippen molar-refractivity contribution >= 4 is 21.7 Å². The third kappa shape index (κ3) is 2.21. The Bertz CT molecular complexity index is 1000. The second-order valence-corrected chi connectivity index (χ2v) is 5.62. The topological polar surface area (TPSA) is 34.4 Å². The van der Waals surface area contributed by atoms with Crippen LogP contribution < -0.4 is 4.74 Å². The summed E-state index contributed by atoms with van der Waals surface area (Å²) in [5, 5.41) is 13.7. The SMILES string of the molecule is COc1ccc2ccccc2c1Cn1c(O)cc2ccccc21. The Balaban J connectivity index is 1.94. The molecule has 23 heavy (non-hydrogen) atoms. The first-order valence-corrected chi connectivity index (χ1v) is 7.60. The molecule has 3 nitrogen and oxygen atoms in total. The Hall–Kier alpha value is -2.94. The van der Waals surface area contributed by atoms with Crippen molar-refractivity contribution in [2.45, 2.75) is 6.54 Å². The van der Waals surface area contributed by atoms with Gasteiger partial charge in [0.15, 0.2) is 5.88 Å². The van der Waals surface area contributed by atoms with Crippen LogP contribution in [-0.4, -0.2) is 16.8 Å². The third-order valence-corrected chi connectivity index (χ3v) is 4.32. The normalized spacial score (nSPS) is 11.2. The molecule has 0 fully saturated rings. The lowest BCUT2D eigenvalue weighted by Crippen LogP contribution is -2.02. The summed E-state index contributed by atoms with van der Waals surface area (Å²) in [4.78, 5) is 0. The van der Waals surface area contributed by atoms with Crippen molar-refractivity contribution < 1.29 is 9.84 Å². The van der Waals surface area contributed by atoms with E-state index in [2.05, 4.69) is 18.2 Å². The van der Waals surface area contributed by atoms with E-state index in [1.54, 1.807) is 13.2 Å². The quantitative estimate of drug-likeness (QED) is 0.602.